The fourth-order valence-electron chi connectivity index (χ4n) is 1.09. The van der Waals surface area contributed by atoms with E-state index in [0.29, 0.717) is 23.6 Å². The lowest BCUT2D eigenvalue weighted by molar-refractivity contribution is 0.0949. The number of hydrogen-bond donors (Lipinski definition) is 2. The summed E-state index contributed by atoms with van der Waals surface area (Å²) in [5.41, 5.74) is 5.75. The largest absolute Gasteiger partial charge is 0.393 e. The number of hydrogen-bond acceptors (Lipinski definition) is 3. The first kappa shape index (κ1) is 11.6. The summed E-state index contributed by atoms with van der Waals surface area (Å²) < 4.78 is 1.73. The number of nitrogens with zero attached hydrogens (tertiary/aromatic N) is 2. The molecule has 0 fully saturated rings. The van der Waals surface area contributed by atoms with Gasteiger partial charge in [-0.05, 0) is 12.8 Å². The molecule has 0 saturated carbocycles. The van der Waals surface area contributed by atoms with E-state index < -0.39 is 0 Å². The molecule has 3 N–H and O–H groups in total. The predicted octanol–water partition coefficient (Wildman–Crippen LogP) is 0.216. The van der Waals surface area contributed by atoms with Gasteiger partial charge in [0.25, 0.3) is 5.91 Å². The van der Waals surface area contributed by atoms with Gasteiger partial charge in [-0.2, -0.15) is 0 Å². The van der Waals surface area contributed by atoms with Crippen molar-refractivity contribution in [3.63, 3.8) is 0 Å². The number of nitrogens with two attached hydrogens (primary N) is 1. The van der Waals surface area contributed by atoms with Crippen LogP contribution in [0.5, 0.6) is 0 Å². The van der Waals surface area contributed by atoms with Crippen LogP contribution in [0.4, 0.5) is 0 Å². The molecule has 0 aromatic carbocycles. The first-order chi connectivity index (χ1) is 7.09. The first-order valence-corrected chi connectivity index (χ1v) is 5.05. The van der Waals surface area contributed by atoms with Crippen LogP contribution in [0.3, 0.4) is 0 Å². The molecule has 1 aromatic heterocycles. The van der Waals surface area contributed by atoms with E-state index in [1.807, 2.05) is 7.05 Å². The van der Waals surface area contributed by atoms with E-state index in [4.69, 9.17) is 18.0 Å². The standard InChI is InChI=1S/C9H14N4OS/c1-13-5-7(12-6-13)9(14)11-4-2-3-8(10)15/h5-6H,2-4H2,1H3,(H2,10,15)(H,11,14). The van der Waals surface area contributed by atoms with E-state index in [9.17, 15) is 4.79 Å². The van der Waals surface area contributed by atoms with E-state index >= 15 is 0 Å². The maximum absolute atomic E-state index is 11.5. The van der Waals surface area contributed by atoms with Crippen molar-refractivity contribution < 1.29 is 4.79 Å². The summed E-state index contributed by atoms with van der Waals surface area (Å²) in [6.07, 6.45) is 4.67. The van der Waals surface area contributed by atoms with Crippen molar-refractivity contribution in [2.45, 2.75) is 12.8 Å². The van der Waals surface area contributed by atoms with Gasteiger partial charge in [0.15, 0.2) is 0 Å². The van der Waals surface area contributed by atoms with Gasteiger partial charge in [-0.15, -0.1) is 0 Å². The molecule has 1 amide bonds. The summed E-state index contributed by atoms with van der Waals surface area (Å²) in [5.74, 6) is -0.168. The van der Waals surface area contributed by atoms with Crippen molar-refractivity contribution in [1.82, 2.24) is 14.9 Å². The lowest BCUT2D eigenvalue weighted by Gasteiger charge is -2.01. The molecule has 6 heteroatoms. The van der Waals surface area contributed by atoms with Crippen LogP contribution >= 0.6 is 12.2 Å². The Morgan fingerprint density at radius 2 is 2.47 bits per heavy atom. The zero-order chi connectivity index (χ0) is 11.3. The van der Waals surface area contributed by atoms with E-state index in [2.05, 4.69) is 10.3 Å². The summed E-state index contributed by atoms with van der Waals surface area (Å²) in [6, 6.07) is 0. The molecule has 0 radical (unpaired) electrons. The fourth-order valence-corrected chi connectivity index (χ4v) is 1.23. The van der Waals surface area contributed by atoms with Crippen LogP contribution in [0.1, 0.15) is 23.3 Å². The number of aromatic nitrogens is 2. The average molecular weight is 226 g/mol. The quantitative estimate of drug-likeness (QED) is 0.556. The maximum Gasteiger partial charge on any atom is 0.271 e. The van der Waals surface area contributed by atoms with Crippen LogP contribution in [-0.2, 0) is 7.05 Å². The number of carbonyl (C=O) groups is 1. The second-order valence-corrected chi connectivity index (χ2v) is 3.77. The van der Waals surface area contributed by atoms with E-state index in [0.717, 1.165) is 6.42 Å². The third-order valence-electron chi connectivity index (χ3n) is 1.82. The number of thiocarbonyl (C=S) groups is 1. The first-order valence-electron chi connectivity index (χ1n) is 4.64. The minimum absolute atomic E-state index is 0.168. The predicted molar refractivity (Wildman–Crippen MR) is 61.6 cm³/mol. The highest BCUT2D eigenvalue weighted by Crippen LogP contribution is 1.94. The summed E-state index contributed by atoms with van der Waals surface area (Å²) in [5, 5.41) is 2.74. The molecular weight excluding hydrogens is 212 g/mol. The van der Waals surface area contributed by atoms with Crippen molar-refractivity contribution in [2.24, 2.45) is 12.8 Å². The smallest absolute Gasteiger partial charge is 0.271 e. The molecule has 0 atom stereocenters. The molecule has 0 aliphatic carbocycles. The van der Waals surface area contributed by atoms with Crippen molar-refractivity contribution in [1.29, 1.82) is 0 Å². The zero-order valence-electron chi connectivity index (χ0n) is 8.56. The van der Waals surface area contributed by atoms with E-state index in [-0.39, 0.29) is 5.91 Å². The molecule has 15 heavy (non-hydrogen) atoms. The normalized spacial score (nSPS) is 9.93. The van der Waals surface area contributed by atoms with Crippen LogP contribution in [0.25, 0.3) is 0 Å². The van der Waals surface area contributed by atoms with Crippen LogP contribution in [0.2, 0.25) is 0 Å². The highest BCUT2D eigenvalue weighted by atomic mass is 32.1. The van der Waals surface area contributed by atoms with Gasteiger partial charge >= 0.3 is 0 Å². The van der Waals surface area contributed by atoms with E-state index in [1.54, 1.807) is 17.1 Å². The molecule has 1 heterocycles. The SMILES string of the molecule is Cn1cnc(C(=O)NCCCC(N)=S)c1. The molecule has 82 valence electrons. The second-order valence-electron chi connectivity index (χ2n) is 3.25. The van der Waals surface area contributed by atoms with Crippen molar-refractivity contribution in [3.8, 4) is 0 Å². The fraction of sp³-hybridized carbons (Fsp3) is 0.444. The minimum Gasteiger partial charge on any atom is -0.393 e. The Hall–Kier alpha value is -1.43. The summed E-state index contributed by atoms with van der Waals surface area (Å²) in [6.45, 7) is 0.562. The van der Waals surface area contributed by atoms with Crippen LogP contribution in [0.15, 0.2) is 12.5 Å². The second kappa shape index (κ2) is 5.45. The Labute approximate surface area is 93.7 Å². The number of carbonyl (C=O) groups excluding carboxylic acids is 1. The van der Waals surface area contributed by atoms with Gasteiger partial charge in [0.1, 0.15) is 5.69 Å². The lowest BCUT2D eigenvalue weighted by atomic mass is 10.3. The number of nitrogens with one attached hydrogen (secondary N) is 1. The van der Waals surface area contributed by atoms with Gasteiger partial charge in [0.05, 0.1) is 11.3 Å². The van der Waals surface area contributed by atoms with Gasteiger partial charge < -0.3 is 15.6 Å². The van der Waals surface area contributed by atoms with Crippen molar-refractivity contribution >= 4 is 23.1 Å². The molecule has 1 aromatic rings. The molecule has 0 bridgehead atoms. The Morgan fingerprint density at radius 3 is 3.00 bits per heavy atom. The van der Waals surface area contributed by atoms with Crippen LogP contribution in [0, 0.1) is 0 Å². The molecule has 0 aliphatic heterocycles. The highest BCUT2D eigenvalue weighted by Gasteiger charge is 2.06. The molecule has 1 rings (SSSR count). The highest BCUT2D eigenvalue weighted by molar-refractivity contribution is 7.80. The van der Waals surface area contributed by atoms with Crippen molar-refractivity contribution in [3.05, 3.63) is 18.2 Å². The Morgan fingerprint density at radius 1 is 1.73 bits per heavy atom. The monoisotopic (exact) mass is 226 g/mol. The summed E-state index contributed by atoms with van der Waals surface area (Å²) in [7, 11) is 1.82. The van der Waals surface area contributed by atoms with Crippen LogP contribution in [-0.4, -0.2) is 27.0 Å². The maximum atomic E-state index is 11.5. The lowest BCUT2D eigenvalue weighted by Crippen LogP contribution is -2.25. The van der Waals surface area contributed by atoms with Gasteiger partial charge in [-0.25, -0.2) is 4.98 Å². The average Bonchev–Trinajstić information content (AvgIpc) is 2.59. The Bertz CT molecular complexity index is 361. The molecule has 0 spiro atoms. The van der Waals surface area contributed by atoms with Gasteiger partial charge in [-0.1, -0.05) is 12.2 Å². The van der Waals surface area contributed by atoms with E-state index in [1.165, 1.54) is 0 Å². The minimum atomic E-state index is -0.168. The van der Waals surface area contributed by atoms with Gasteiger partial charge in [0, 0.05) is 19.8 Å². The summed E-state index contributed by atoms with van der Waals surface area (Å²) >= 11 is 4.72. The number of aryl methyl sites for hydroxylation is 1. The molecular formula is C9H14N4OS. The molecule has 0 aliphatic rings. The number of imidazole rings is 1. The summed E-state index contributed by atoms with van der Waals surface area (Å²) in [4.78, 5) is 15.9. The third kappa shape index (κ3) is 4.07. The topological polar surface area (TPSA) is 72.9 Å². The third-order valence-corrected chi connectivity index (χ3v) is 2.03. The number of rotatable bonds is 5. The molecule has 0 unspecified atom stereocenters. The molecule has 0 saturated heterocycles. The van der Waals surface area contributed by atoms with Crippen molar-refractivity contribution in [2.75, 3.05) is 6.54 Å². The van der Waals surface area contributed by atoms with Gasteiger partial charge in [0.2, 0.25) is 0 Å². The molecule has 5 nitrogen and oxygen atoms in total. The Kier molecular flexibility index (Phi) is 4.23. The van der Waals surface area contributed by atoms with Gasteiger partial charge in [-0.3, -0.25) is 4.79 Å². The Balaban J connectivity index is 2.28. The number of amides is 1. The zero-order valence-corrected chi connectivity index (χ0v) is 9.38. The van der Waals surface area contributed by atoms with Crippen LogP contribution < -0.4 is 11.1 Å².